The summed E-state index contributed by atoms with van der Waals surface area (Å²) in [5.74, 6) is 1.88. The second-order valence-corrected chi connectivity index (χ2v) is 5.85. The van der Waals surface area contributed by atoms with Crippen LogP contribution < -0.4 is 14.8 Å². The summed E-state index contributed by atoms with van der Waals surface area (Å²) in [6.45, 7) is 0.467. The molecule has 27 heavy (non-hydrogen) atoms. The van der Waals surface area contributed by atoms with Crippen molar-refractivity contribution in [1.82, 2.24) is 15.3 Å². The molecule has 1 amide bonds. The maximum absolute atomic E-state index is 11.9. The molecule has 138 valence electrons. The van der Waals surface area contributed by atoms with Crippen molar-refractivity contribution in [3.8, 4) is 22.9 Å². The van der Waals surface area contributed by atoms with Crippen molar-refractivity contribution >= 4 is 5.91 Å². The van der Waals surface area contributed by atoms with Gasteiger partial charge in [0.1, 0.15) is 11.5 Å². The average Bonchev–Trinajstić information content (AvgIpc) is 2.74. The molecule has 0 bridgehead atoms. The number of nitrogens with one attached hydrogen (secondary N) is 1. The van der Waals surface area contributed by atoms with Crippen LogP contribution in [0.3, 0.4) is 0 Å². The lowest BCUT2D eigenvalue weighted by atomic mass is 10.2. The van der Waals surface area contributed by atoms with E-state index in [1.54, 1.807) is 43.8 Å². The van der Waals surface area contributed by atoms with Crippen molar-refractivity contribution < 1.29 is 14.3 Å². The number of hydrogen-bond acceptors (Lipinski definition) is 5. The summed E-state index contributed by atoms with van der Waals surface area (Å²) in [7, 11) is 1.60. The number of methoxy groups -OCH3 is 1. The van der Waals surface area contributed by atoms with E-state index in [0.717, 1.165) is 16.9 Å². The lowest BCUT2D eigenvalue weighted by Crippen LogP contribution is -2.30. The molecule has 0 saturated heterocycles. The van der Waals surface area contributed by atoms with Crippen molar-refractivity contribution in [2.75, 3.05) is 20.3 Å². The molecule has 3 aromatic rings. The smallest absolute Gasteiger partial charge is 0.257 e. The Morgan fingerprint density at radius 3 is 2.30 bits per heavy atom. The summed E-state index contributed by atoms with van der Waals surface area (Å²) in [4.78, 5) is 20.6. The van der Waals surface area contributed by atoms with Crippen LogP contribution >= 0.6 is 0 Å². The highest BCUT2D eigenvalue weighted by Gasteiger charge is 2.04. The first kappa shape index (κ1) is 18.4. The molecule has 1 heterocycles. The number of hydrogen-bond donors (Lipinski definition) is 1. The van der Waals surface area contributed by atoms with E-state index in [9.17, 15) is 4.79 Å². The molecule has 1 N–H and O–H groups in total. The quantitative estimate of drug-likeness (QED) is 0.666. The summed E-state index contributed by atoms with van der Waals surface area (Å²) in [5, 5.41) is 2.83. The first-order chi connectivity index (χ1) is 13.2. The Hall–Kier alpha value is -3.41. The zero-order chi connectivity index (χ0) is 18.9. The minimum atomic E-state index is -0.173. The van der Waals surface area contributed by atoms with E-state index in [-0.39, 0.29) is 12.5 Å². The lowest BCUT2D eigenvalue weighted by molar-refractivity contribution is -0.123. The van der Waals surface area contributed by atoms with Gasteiger partial charge in [-0.3, -0.25) is 4.79 Å². The van der Waals surface area contributed by atoms with E-state index in [4.69, 9.17) is 9.47 Å². The molecule has 6 nitrogen and oxygen atoms in total. The maximum atomic E-state index is 11.9. The third-order valence-corrected chi connectivity index (χ3v) is 3.90. The molecular weight excluding hydrogens is 342 g/mol. The van der Waals surface area contributed by atoms with Gasteiger partial charge in [0, 0.05) is 24.5 Å². The molecule has 0 aliphatic carbocycles. The summed E-state index contributed by atoms with van der Waals surface area (Å²) < 4.78 is 10.5. The fraction of sp³-hybridized carbons (Fsp3) is 0.190. The molecule has 2 aromatic carbocycles. The Labute approximate surface area is 158 Å². The van der Waals surface area contributed by atoms with Gasteiger partial charge in [-0.25, -0.2) is 9.97 Å². The molecular formula is C21H21N3O3. The molecule has 0 spiro atoms. The maximum Gasteiger partial charge on any atom is 0.257 e. The normalized spacial score (nSPS) is 10.3. The number of amides is 1. The average molecular weight is 363 g/mol. The minimum absolute atomic E-state index is 0.0320. The van der Waals surface area contributed by atoms with E-state index in [0.29, 0.717) is 24.5 Å². The second-order valence-electron chi connectivity index (χ2n) is 5.85. The molecule has 0 radical (unpaired) electrons. The number of aromatic nitrogens is 2. The van der Waals surface area contributed by atoms with Crippen LogP contribution in [0, 0.1) is 0 Å². The monoisotopic (exact) mass is 363 g/mol. The summed E-state index contributed by atoms with van der Waals surface area (Å²) >= 11 is 0. The number of carbonyl (C=O) groups is 1. The molecule has 0 saturated carbocycles. The first-order valence-corrected chi connectivity index (χ1v) is 8.64. The van der Waals surface area contributed by atoms with Gasteiger partial charge in [-0.1, -0.05) is 30.3 Å². The fourth-order valence-corrected chi connectivity index (χ4v) is 2.44. The van der Waals surface area contributed by atoms with Crippen molar-refractivity contribution in [1.29, 1.82) is 0 Å². The number of ether oxygens (including phenoxy) is 2. The molecule has 0 unspecified atom stereocenters. The summed E-state index contributed by atoms with van der Waals surface area (Å²) in [6, 6.07) is 16.9. The first-order valence-electron chi connectivity index (χ1n) is 8.64. The molecule has 1 aromatic heterocycles. The van der Waals surface area contributed by atoms with Gasteiger partial charge in [-0.2, -0.15) is 0 Å². The SMILES string of the molecule is COc1ccc(OCC(=O)NCCc2cnc(-c3ccccc3)nc2)cc1. The minimum Gasteiger partial charge on any atom is -0.497 e. The lowest BCUT2D eigenvalue weighted by Gasteiger charge is -2.08. The highest BCUT2D eigenvalue weighted by molar-refractivity contribution is 5.77. The number of carbonyl (C=O) groups excluding carboxylic acids is 1. The Bertz CT molecular complexity index is 850. The molecule has 0 atom stereocenters. The van der Waals surface area contributed by atoms with Crippen LogP contribution in [0.25, 0.3) is 11.4 Å². The topological polar surface area (TPSA) is 73.3 Å². The van der Waals surface area contributed by atoms with Crippen LogP contribution in [-0.2, 0) is 11.2 Å². The Kier molecular flexibility index (Phi) is 6.35. The third-order valence-electron chi connectivity index (χ3n) is 3.90. The van der Waals surface area contributed by atoms with E-state index in [1.165, 1.54) is 0 Å². The molecule has 0 fully saturated rings. The largest absolute Gasteiger partial charge is 0.497 e. The van der Waals surface area contributed by atoms with Crippen LogP contribution in [0.15, 0.2) is 67.0 Å². The highest BCUT2D eigenvalue weighted by Crippen LogP contribution is 2.16. The van der Waals surface area contributed by atoms with E-state index in [1.807, 2.05) is 30.3 Å². The Balaban J connectivity index is 1.40. The number of nitrogens with zero attached hydrogens (tertiary/aromatic N) is 2. The van der Waals surface area contributed by atoms with Gasteiger partial charge in [0.25, 0.3) is 5.91 Å². The molecule has 0 aliphatic heterocycles. The number of rotatable bonds is 8. The van der Waals surface area contributed by atoms with Gasteiger partial charge >= 0.3 is 0 Å². The summed E-state index contributed by atoms with van der Waals surface area (Å²) in [6.07, 6.45) is 4.23. The van der Waals surface area contributed by atoms with Crippen LogP contribution in [-0.4, -0.2) is 36.1 Å². The van der Waals surface area contributed by atoms with Gasteiger partial charge < -0.3 is 14.8 Å². The number of benzene rings is 2. The van der Waals surface area contributed by atoms with Gasteiger partial charge in [-0.05, 0) is 36.2 Å². The fourth-order valence-electron chi connectivity index (χ4n) is 2.44. The molecule has 3 rings (SSSR count). The zero-order valence-corrected chi connectivity index (χ0v) is 15.1. The summed E-state index contributed by atoms with van der Waals surface area (Å²) in [5.41, 5.74) is 1.94. The van der Waals surface area contributed by atoms with E-state index in [2.05, 4.69) is 15.3 Å². The molecule has 6 heteroatoms. The molecule has 0 aliphatic rings. The second kappa shape index (κ2) is 9.33. The van der Waals surface area contributed by atoms with Crippen LogP contribution in [0.2, 0.25) is 0 Å². The Morgan fingerprint density at radius 2 is 1.63 bits per heavy atom. The van der Waals surface area contributed by atoms with E-state index >= 15 is 0 Å². The Morgan fingerprint density at radius 1 is 0.963 bits per heavy atom. The van der Waals surface area contributed by atoms with Gasteiger partial charge in [0.05, 0.1) is 7.11 Å². The van der Waals surface area contributed by atoms with Crippen molar-refractivity contribution in [2.24, 2.45) is 0 Å². The van der Waals surface area contributed by atoms with Crippen LogP contribution in [0.4, 0.5) is 0 Å². The van der Waals surface area contributed by atoms with Crippen molar-refractivity contribution in [3.63, 3.8) is 0 Å². The van der Waals surface area contributed by atoms with E-state index < -0.39 is 0 Å². The predicted octanol–water partition coefficient (Wildman–Crippen LogP) is 2.89. The third kappa shape index (κ3) is 5.54. The predicted molar refractivity (Wildman–Crippen MR) is 103 cm³/mol. The highest BCUT2D eigenvalue weighted by atomic mass is 16.5. The van der Waals surface area contributed by atoms with Gasteiger partial charge in [-0.15, -0.1) is 0 Å². The van der Waals surface area contributed by atoms with Gasteiger partial charge in [0.2, 0.25) is 0 Å². The van der Waals surface area contributed by atoms with Crippen molar-refractivity contribution in [3.05, 3.63) is 72.6 Å². The van der Waals surface area contributed by atoms with Crippen molar-refractivity contribution in [2.45, 2.75) is 6.42 Å². The van der Waals surface area contributed by atoms with Gasteiger partial charge in [0.15, 0.2) is 12.4 Å². The standard InChI is InChI=1S/C21H21N3O3/c1-26-18-7-9-19(10-8-18)27-15-20(25)22-12-11-16-13-23-21(24-14-16)17-5-3-2-4-6-17/h2-10,13-14H,11-12,15H2,1H3,(H,22,25). The van der Waals surface area contributed by atoms with Crippen LogP contribution in [0.1, 0.15) is 5.56 Å². The zero-order valence-electron chi connectivity index (χ0n) is 15.1. The van der Waals surface area contributed by atoms with Crippen LogP contribution in [0.5, 0.6) is 11.5 Å².